The zero-order valence-corrected chi connectivity index (χ0v) is 23.9. The summed E-state index contributed by atoms with van der Waals surface area (Å²) in [7, 11) is 0. The molecule has 1 aliphatic carbocycles. The minimum atomic E-state index is -0.555. The monoisotopic (exact) mass is 516 g/mol. The van der Waals surface area contributed by atoms with Gasteiger partial charge in [-0.1, -0.05) is 49.1 Å². The van der Waals surface area contributed by atoms with Gasteiger partial charge in [0.2, 0.25) is 5.91 Å². The predicted molar refractivity (Wildman–Crippen MR) is 157 cm³/mol. The van der Waals surface area contributed by atoms with E-state index < -0.39 is 6.04 Å². The molecular weight excluding hydrogens is 468 g/mol. The van der Waals surface area contributed by atoms with Crippen molar-refractivity contribution in [1.29, 1.82) is 0 Å². The molecule has 2 heterocycles. The highest BCUT2D eigenvalue weighted by Gasteiger charge is 2.34. The molecule has 2 aromatic rings. The van der Waals surface area contributed by atoms with Gasteiger partial charge in [0.25, 0.3) is 0 Å². The van der Waals surface area contributed by atoms with Gasteiger partial charge in [-0.15, -0.1) is 0 Å². The van der Waals surface area contributed by atoms with Crippen molar-refractivity contribution in [3.63, 3.8) is 0 Å². The molecular formula is C33H48N4O. The fourth-order valence-electron chi connectivity index (χ4n) is 7.47. The summed E-state index contributed by atoms with van der Waals surface area (Å²) in [6.07, 6.45) is 12.7. The van der Waals surface area contributed by atoms with Gasteiger partial charge in [-0.2, -0.15) is 0 Å². The molecule has 0 unspecified atom stereocenters. The van der Waals surface area contributed by atoms with Crippen LogP contribution in [0.4, 0.5) is 5.69 Å². The van der Waals surface area contributed by atoms with Crippen molar-refractivity contribution in [1.82, 2.24) is 10.2 Å². The summed E-state index contributed by atoms with van der Waals surface area (Å²) >= 11 is 0. The molecule has 1 spiro atoms. The van der Waals surface area contributed by atoms with Crippen molar-refractivity contribution in [3.05, 3.63) is 63.7 Å². The van der Waals surface area contributed by atoms with Crippen molar-refractivity contribution < 1.29 is 4.79 Å². The predicted octanol–water partition coefficient (Wildman–Crippen LogP) is 6.09. The van der Waals surface area contributed by atoms with E-state index in [0.717, 1.165) is 25.2 Å². The molecule has 5 heteroatoms. The number of benzene rings is 2. The van der Waals surface area contributed by atoms with E-state index in [0.29, 0.717) is 11.8 Å². The van der Waals surface area contributed by atoms with Crippen molar-refractivity contribution in [3.8, 4) is 0 Å². The molecule has 0 radical (unpaired) electrons. The lowest BCUT2D eigenvalue weighted by atomic mass is 9.69. The normalized spacial score (nSPS) is 22.3. The number of nitrogens with one attached hydrogen (secondary N) is 2. The maximum Gasteiger partial charge on any atom is 0.237 e. The standard InChI is InChI=1S/C33H48N4O/c1-23-18-24(2)27(25(3)19-23)21-29(34)32(38)36-31-10-15-35-30-9-8-26(20-28(30)31)22-37-16-7-13-33(14-17-37)11-5-4-6-12-33/h8-9,18-20,29,31,35H,4-7,10-17,21-22,34H2,1-3H3,(H,36,38)/t29-,31+/m0/s1. The van der Waals surface area contributed by atoms with E-state index in [1.54, 1.807) is 0 Å². The molecule has 4 N–H and O–H groups in total. The Bertz CT molecular complexity index is 1110. The molecule has 206 valence electrons. The summed E-state index contributed by atoms with van der Waals surface area (Å²) in [5.74, 6) is -0.0575. The van der Waals surface area contributed by atoms with E-state index in [2.05, 4.69) is 66.6 Å². The molecule has 1 saturated carbocycles. The highest BCUT2D eigenvalue weighted by Crippen LogP contribution is 2.44. The molecule has 2 aliphatic heterocycles. The van der Waals surface area contributed by atoms with Gasteiger partial charge in [0, 0.05) is 18.8 Å². The average Bonchev–Trinajstić information content (AvgIpc) is 3.08. The number of anilines is 1. The summed E-state index contributed by atoms with van der Waals surface area (Å²) in [5, 5.41) is 6.85. The molecule has 2 aromatic carbocycles. The summed E-state index contributed by atoms with van der Waals surface area (Å²) in [6.45, 7) is 10.6. The number of hydrogen-bond donors (Lipinski definition) is 3. The van der Waals surface area contributed by atoms with E-state index in [1.807, 2.05) is 0 Å². The van der Waals surface area contributed by atoms with Gasteiger partial charge in [-0.3, -0.25) is 9.69 Å². The SMILES string of the molecule is Cc1cc(C)c(C[C@H](N)C(=O)N[C@@H]2CCNc3ccc(CN4CCCC5(CCCCC5)CC4)cc32)c(C)c1. The highest BCUT2D eigenvalue weighted by molar-refractivity contribution is 5.82. The van der Waals surface area contributed by atoms with Crippen LogP contribution in [0.5, 0.6) is 0 Å². The second-order valence-electron chi connectivity index (χ2n) is 12.6. The number of hydrogen-bond acceptors (Lipinski definition) is 4. The molecule has 0 bridgehead atoms. The van der Waals surface area contributed by atoms with Crippen LogP contribution in [0.2, 0.25) is 0 Å². The number of likely N-dealkylation sites (tertiary alicyclic amines) is 1. The van der Waals surface area contributed by atoms with Gasteiger partial charge in [0.1, 0.15) is 0 Å². The first-order valence-corrected chi connectivity index (χ1v) is 15.0. The third kappa shape index (κ3) is 6.26. The maximum absolute atomic E-state index is 13.2. The van der Waals surface area contributed by atoms with Crippen molar-refractivity contribution in [2.24, 2.45) is 11.1 Å². The minimum Gasteiger partial charge on any atom is -0.385 e. The van der Waals surface area contributed by atoms with Crippen LogP contribution < -0.4 is 16.4 Å². The number of aryl methyl sites for hydroxylation is 3. The number of fused-ring (bicyclic) bond motifs is 1. The van der Waals surface area contributed by atoms with Gasteiger partial charge < -0.3 is 16.4 Å². The van der Waals surface area contributed by atoms with E-state index in [9.17, 15) is 4.79 Å². The molecule has 1 amide bonds. The summed E-state index contributed by atoms with van der Waals surface area (Å²) in [6, 6.07) is 10.6. The van der Waals surface area contributed by atoms with Crippen LogP contribution in [0, 0.1) is 26.2 Å². The Hall–Kier alpha value is -2.37. The second-order valence-corrected chi connectivity index (χ2v) is 12.6. The van der Waals surface area contributed by atoms with Crippen LogP contribution in [-0.2, 0) is 17.8 Å². The number of carbonyl (C=O) groups excluding carboxylic acids is 1. The quantitative estimate of drug-likeness (QED) is 0.434. The smallest absolute Gasteiger partial charge is 0.237 e. The van der Waals surface area contributed by atoms with Crippen LogP contribution in [0.1, 0.15) is 97.2 Å². The first-order valence-electron chi connectivity index (χ1n) is 15.0. The Morgan fingerprint density at radius 3 is 2.53 bits per heavy atom. The fraction of sp³-hybridized carbons (Fsp3) is 0.606. The Balaban J connectivity index is 1.23. The van der Waals surface area contributed by atoms with E-state index in [4.69, 9.17) is 5.73 Å². The average molecular weight is 517 g/mol. The van der Waals surface area contributed by atoms with E-state index >= 15 is 0 Å². The first-order chi connectivity index (χ1) is 18.3. The topological polar surface area (TPSA) is 70.4 Å². The highest BCUT2D eigenvalue weighted by atomic mass is 16.2. The lowest BCUT2D eigenvalue weighted by molar-refractivity contribution is -0.123. The number of rotatable bonds is 6. The molecule has 5 rings (SSSR count). The van der Waals surface area contributed by atoms with Crippen molar-refractivity contribution in [2.45, 2.75) is 104 Å². The van der Waals surface area contributed by atoms with Gasteiger partial charge in [-0.25, -0.2) is 0 Å². The van der Waals surface area contributed by atoms with Gasteiger partial charge >= 0.3 is 0 Å². The molecule has 0 aromatic heterocycles. The number of amides is 1. The minimum absolute atomic E-state index is 0.000367. The Kier molecular flexibility index (Phi) is 8.44. The van der Waals surface area contributed by atoms with Gasteiger partial charge in [0.15, 0.2) is 0 Å². The largest absolute Gasteiger partial charge is 0.385 e. The zero-order chi connectivity index (χ0) is 26.7. The summed E-state index contributed by atoms with van der Waals surface area (Å²) in [5.41, 5.74) is 15.6. The van der Waals surface area contributed by atoms with E-state index in [1.165, 1.54) is 97.8 Å². The Morgan fingerprint density at radius 1 is 1.03 bits per heavy atom. The van der Waals surface area contributed by atoms with Crippen LogP contribution in [-0.4, -0.2) is 36.5 Å². The maximum atomic E-state index is 13.2. The van der Waals surface area contributed by atoms with Gasteiger partial charge in [-0.05, 0) is 118 Å². The van der Waals surface area contributed by atoms with Crippen LogP contribution >= 0.6 is 0 Å². The lowest BCUT2D eigenvalue weighted by Crippen LogP contribution is -2.44. The van der Waals surface area contributed by atoms with Crippen LogP contribution in [0.3, 0.4) is 0 Å². The van der Waals surface area contributed by atoms with Crippen LogP contribution in [0.15, 0.2) is 30.3 Å². The molecule has 3 aliphatic rings. The Morgan fingerprint density at radius 2 is 1.76 bits per heavy atom. The van der Waals surface area contributed by atoms with Crippen molar-refractivity contribution >= 4 is 11.6 Å². The first kappa shape index (κ1) is 27.2. The molecule has 5 nitrogen and oxygen atoms in total. The summed E-state index contributed by atoms with van der Waals surface area (Å²) < 4.78 is 0. The number of carbonyl (C=O) groups is 1. The fourth-order valence-corrected chi connectivity index (χ4v) is 7.47. The third-order valence-electron chi connectivity index (χ3n) is 9.62. The molecule has 38 heavy (non-hydrogen) atoms. The second kappa shape index (κ2) is 11.8. The lowest BCUT2D eigenvalue weighted by Gasteiger charge is -2.36. The van der Waals surface area contributed by atoms with Gasteiger partial charge in [0.05, 0.1) is 12.1 Å². The molecule has 1 saturated heterocycles. The van der Waals surface area contributed by atoms with Crippen molar-refractivity contribution in [2.75, 3.05) is 25.0 Å². The molecule has 2 fully saturated rings. The molecule has 2 atom stereocenters. The Labute approximate surface area is 229 Å². The van der Waals surface area contributed by atoms with E-state index in [-0.39, 0.29) is 11.9 Å². The zero-order valence-electron chi connectivity index (χ0n) is 23.9. The number of nitrogens with zero attached hydrogens (tertiary/aromatic N) is 1. The third-order valence-corrected chi connectivity index (χ3v) is 9.62. The summed E-state index contributed by atoms with van der Waals surface area (Å²) in [4.78, 5) is 15.9. The number of nitrogens with two attached hydrogens (primary N) is 1. The van der Waals surface area contributed by atoms with Crippen LogP contribution in [0.25, 0.3) is 0 Å².